The van der Waals surface area contributed by atoms with Crippen molar-refractivity contribution in [1.82, 2.24) is 4.98 Å². The molecular formula is C21H20F2N2O. The van der Waals surface area contributed by atoms with Crippen LogP contribution in [-0.2, 0) is 5.60 Å². The zero-order valence-corrected chi connectivity index (χ0v) is 14.4. The molecule has 0 bridgehead atoms. The standard InChI is InChI=1S/C21H20F2N2O/c1-21(26,20-7-2-3-11-25-20)10-12-24-17-6-4-5-15(13-17)18-9-8-16(22)14-19(18)23/h2-9,11,13-14,24,26H,10,12H2,1H3. The average Bonchev–Trinajstić information content (AvgIpc) is 2.62. The summed E-state index contributed by atoms with van der Waals surface area (Å²) in [6.45, 7) is 2.24. The van der Waals surface area contributed by atoms with Gasteiger partial charge in [0.15, 0.2) is 0 Å². The first kappa shape index (κ1) is 18.0. The van der Waals surface area contributed by atoms with Crippen LogP contribution in [0.25, 0.3) is 11.1 Å². The second-order valence-corrected chi connectivity index (χ2v) is 6.37. The number of rotatable bonds is 6. The number of hydrogen-bond donors (Lipinski definition) is 2. The van der Waals surface area contributed by atoms with Crippen LogP contribution in [0.15, 0.2) is 66.9 Å². The van der Waals surface area contributed by atoms with E-state index in [1.54, 1.807) is 43.5 Å². The van der Waals surface area contributed by atoms with Crippen molar-refractivity contribution in [1.29, 1.82) is 0 Å². The van der Waals surface area contributed by atoms with Gasteiger partial charge in [-0.15, -0.1) is 0 Å². The van der Waals surface area contributed by atoms with Crippen LogP contribution >= 0.6 is 0 Å². The Labute approximate surface area is 151 Å². The summed E-state index contributed by atoms with van der Waals surface area (Å²) in [6.07, 6.45) is 2.11. The summed E-state index contributed by atoms with van der Waals surface area (Å²) in [7, 11) is 0. The zero-order chi connectivity index (χ0) is 18.6. The summed E-state index contributed by atoms with van der Waals surface area (Å²) in [4.78, 5) is 4.20. The highest BCUT2D eigenvalue weighted by Gasteiger charge is 2.23. The zero-order valence-electron chi connectivity index (χ0n) is 14.4. The van der Waals surface area contributed by atoms with Gasteiger partial charge in [0.25, 0.3) is 0 Å². The highest BCUT2D eigenvalue weighted by atomic mass is 19.1. The van der Waals surface area contributed by atoms with Crippen molar-refractivity contribution in [2.45, 2.75) is 18.9 Å². The molecule has 2 aromatic carbocycles. The molecule has 5 heteroatoms. The molecule has 0 saturated carbocycles. The minimum Gasteiger partial charge on any atom is -0.385 e. The first-order chi connectivity index (χ1) is 12.5. The van der Waals surface area contributed by atoms with Crippen LogP contribution in [0.3, 0.4) is 0 Å². The molecule has 0 aliphatic carbocycles. The molecule has 0 spiro atoms. The number of aromatic nitrogens is 1. The number of pyridine rings is 1. The summed E-state index contributed by atoms with van der Waals surface area (Å²) in [6, 6.07) is 16.2. The number of halogens is 2. The lowest BCUT2D eigenvalue weighted by molar-refractivity contribution is 0.0470. The fraction of sp³-hybridized carbons (Fsp3) is 0.190. The molecule has 0 aliphatic rings. The molecule has 1 unspecified atom stereocenters. The maximum Gasteiger partial charge on any atom is 0.133 e. The topological polar surface area (TPSA) is 45.1 Å². The molecule has 0 fully saturated rings. The largest absolute Gasteiger partial charge is 0.385 e. The number of hydrogen-bond acceptors (Lipinski definition) is 3. The number of anilines is 1. The van der Waals surface area contributed by atoms with Gasteiger partial charge in [0.1, 0.15) is 17.2 Å². The Bertz CT molecular complexity index is 882. The monoisotopic (exact) mass is 354 g/mol. The molecule has 1 atom stereocenters. The van der Waals surface area contributed by atoms with Crippen LogP contribution in [0.1, 0.15) is 19.0 Å². The Hall–Kier alpha value is -2.79. The molecule has 0 saturated heterocycles. The third kappa shape index (κ3) is 4.24. The molecule has 3 aromatic rings. The molecule has 134 valence electrons. The molecule has 1 aromatic heterocycles. The molecule has 26 heavy (non-hydrogen) atoms. The smallest absolute Gasteiger partial charge is 0.133 e. The van der Waals surface area contributed by atoms with Gasteiger partial charge in [-0.1, -0.05) is 18.2 Å². The maximum atomic E-state index is 14.0. The number of benzene rings is 2. The summed E-state index contributed by atoms with van der Waals surface area (Å²) >= 11 is 0. The van der Waals surface area contributed by atoms with E-state index in [2.05, 4.69) is 10.3 Å². The highest BCUT2D eigenvalue weighted by Crippen LogP contribution is 2.27. The SMILES string of the molecule is CC(O)(CCNc1cccc(-c2ccc(F)cc2F)c1)c1ccccn1. The fourth-order valence-corrected chi connectivity index (χ4v) is 2.78. The van der Waals surface area contributed by atoms with Crippen molar-refractivity contribution in [3.8, 4) is 11.1 Å². The van der Waals surface area contributed by atoms with Gasteiger partial charge in [0.2, 0.25) is 0 Å². The minimum atomic E-state index is -1.05. The number of nitrogens with one attached hydrogen (secondary N) is 1. The van der Waals surface area contributed by atoms with Gasteiger partial charge in [-0.25, -0.2) is 8.78 Å². The van der Waals surface area contributed by atoms with Gasteiger partial charge in [0.05, 0.1) is 5.69 Å². The summed E-state index contributed by atoms with van der Waals surface area (Å²) < 4.78 is 27.0. The normalized spacial score (nSPS) is 13.2. The molecule has 3 rings (SSSR count). The van der Waals surface area contributed by atoms with Crippen LogP contribution in [0, 0.1) is 11.6 Å². The highest BCUT2D eigenvalue weighted by molar-refractivity contribution is 5.68. The van der Waals surface area contributed by atoms with E-state index in [0.717, 1.165) is 11.8 Å². The van der Waals surface area contributed by atoms with E-state index in [0.29, 0.717) is 29.8 Å². The Morgan fingerprint density at radius 2 is 1.88 bits per heavy atom. The van der Waals surface area contributed by atoms with E-state index in [4.69, 9.17) is 0 Å². The lowest BCUT2D eigenvalue weighted by Gasteiger charge is -2.23. The van der Waals surface area contributed by atoms with E-state index in [1.807, 2.05) is 12.1 Å². The third-order valence-corrected chi connectivity index (χ3v) is 4.26. The average molecular weight is 354 g/mol. The quantitative estimate of drug-likeness (QED) is 0.672. The van der Waals surface area contributed by atoms with Crippen molar-refractivity contribution >= 4 is 5.69 Å². The Kier molecular flexibility index (Phi) is 5.28. The Morgan fingerprint density at radius 1 is 1.04 bits per heavy atom. The first-order valence-corrected chi connectivity index (χ1v) is 8.39. The van der Waals surface area contributed by atoms with Gasteiger partial charge in [-0.2, -0.15) is 0 Å². The first-order valence-electron chi connectivity index (χ1n) is 8.39. The van der Waals surface area contributed by atoms with Crippen LogP contribution < -0.4 is 5.32 Å². The van der Waals surface area contributed by atoms with Crippen LogP contribution in [0.4, 0.5) is 14.5 Å². The maximum absolute atomic E-state index is 14.0. The van der Waals surface area contributed by atoms with Crippen LogP contribution in [-0.4, -0.2) is 16.6 Å². The Balaban J connectivity index is 1.68. The van der Waals surface area contributed by atoms with E-state index in [-0.39, 0.29) is 0 Å². The van der Waals surface area contributed by atoms with Crippen molar-refractivity contribution in [3.63, 3.8) is 0 Å². The van der Waals surface area contributed by atoms with Crippen LogP contribution in [0.5, 0.6) is 0 Å². The molecule has 0 radical (unpaired) electrons. The second kappa shape index (κ2) is 7.62. The summed E-state index contributed by atoms with van der Waals surface area (Å²) in [5, 5.41) is 13.8. The van der Waals surface area contributed by atoms with Gasteiger partial charge in [-0.05, 0) is 55.3 Å². The van der Waals surface area contributed by atoms with E-state index < -0.39 is 17.2 Å². The molecule has 3 nitrogen and oxygen atoms in total. The molecule has 0 aliphatic heterocycles. The number of nitrogens with zero attached hydrogens (tertiary/aromatic N) is 1. The minimum absolute atomic E-state index is 0.343. The van der Waals surface area contributed by atoms with E-state index >= 15 is 0 Å². The molecule has 2 N–H and O–H groups in total. The van der Waals surface area contributed by atoms with Gasteiger partial charge < -0.3 is 10.4 Å². The predicted molar refractivity (Wildman–Crippen MR) is 98.7 cm³/mol. The molecule has 1 heterocycles. The van der Waals surface area contributed by atoms with Crippen LogP contribution in [0.2, 0.25) is 0 Å². The summed E-state index contributed by atoms with van der Waals surface area (Å²) in [5.41, 5.74) is 1.36. The lowest BCUT2D eigenvalue weighted by atomic mass is 9.97. The van der Waals surface area contributed by atoms with Gasteiger partial charge >= 0.3 is 0 Å². The van der Waals surface area contributed by atoms with E-state index in [9.17, 15) is 13.9 Å². The van der Waals surface area contributed by atoms with Crippen molar-refractivity contribution in [3.05, 3.63) is 84.2 Å². The predicted octanol–water partition coefficient (Wildman–Crippen LogP) is 4.74. The third-order valence-electron chi connectivity index (χ3n) is 4.26. The second-order valence-electron chi connectivity index (χ2n) is 6.37. The molecular weight excluding hydrogens is 334 g/mol. The Morgan fingerprint density at radius 3 is 2.62 bits per heavy atom. The van der Waals surface area contributed by atoms with Gasteiger partial charge in [0, 0.05) is 30.1 Å². The van der Waals surface area contributed by atoms with Crippen molar-refractivity contribution < 1.29 is 13.9 Å². The van der Waals surface area contributed by atoms with E-state index in [1.165, 1.54) is 12.1 Å². The fourth-order valence-electron chi connectivity index (χ4n) is 2.78. The van der Waals surface area contributed by atoms with Gasteiger partial charge in [-0.3, -0.25) is 4.98 Å². The number of aliphatic hydroxyl groups is 1. The lowest BCUT2D eigenvalue weighted by Crippen LogP contribution is -2.25. The van der Waals surface area contributed by atoms with Crippen molar-refractivity contribution in [2.75, 3.05) is 11.9 Å². The molecule has 0 amide bonds. The van der Waals surface area contributed by atoms with Crippen molar-refractivity contribution in [2.24, 2.45) is 0 Å². The summed E-state index contributed by atoms with van der Waals surface area (Å²) in [5.74, 6) is -1.20.